The van der Waals surface area contributed by atoms with Crippen molar-refractivity contribution in [1.82, 2.24) is 20.6 Å². The standard InChI is InChI=1S/C22H22ClN5O4/c1-31-28-19-7-4-15(23)9-14(19)11-24-21(30)12-25-20(29)3-2-8-32-16-5-6-18-17(10-16)22(28)27-13-26-18/h2-6,10,13H,7-9,11-12H2,1H3,(H,24,30)(H,25,29)/b3-2-. The lowest BCUT2D eigenvalue weighted by Crippen LogP contribution is -2.38. The predicted molar refractivity (Wildman–Crippen MR) is 120 cm³/mol. The molecule has 2 amide bonds. The Morgan fingerprint density at radius 3 is 2.91 bits per heavy atom. The number of amides is 2. The van der Waals surface area contributed by atoms with Crippen molar-refractivity contribution in [2.45, 2.75) is 12.8 Å². The fourth-order valence-corrected chi connectivity index (χ4v) is 3.75. The summed E-state index contributed by atoms with van der Waals surface area (Å²) in [6.45, 7) is 0.291. The number of anilines is 1. The molecule has 10 heteroatoms. The lowest BCUT2D eigenvalue weighted by molar-refractivity contribution is -0.123. The second kappa shape index (κ2) is 9.80. The molecule has 2 heterocycles. The molecule has 0 fully saturated rings. The zero-order valence-corrected chi connectivity index (χ0v) is 18.2. The minimum absolute atomic E-state index is 0.141. The maximum absolute atomic E-state index is 12.3. The first-order chi connectivity index (χ1) is 15.5. The van der Waals surface area contributed by atoms with E-state index in [-0.39, 0.29) is 31.5 Å². The smallest absolute Gasteiger partial charge is 0.244 e. The normalized spacial score (nSPS) is 18.9. The molecule has 2 bridgehead atoms. The SMILES string of the molecule is CON1C2=C(CNC(=O)CNC(=O)/C=C\COc3ccc4ncnc1c4c3)CC(Cl)=CC2. The summed E-state index contributed by atoms with van der Waals surface area (Å²) in [7, 11) is 1.56. The molecule has 1 aromatic heterocycles. The van der Waals surface area contributed by atoms with Gasteiger partial charge in [-0.25, -0.2) is 15.0 Å². The number of carbonyl (C=O) groups excluding carboxylic acids is 2. The van der Waals surface area contributed by atoms with Crippen LogP contribution in [0.3, 0.4) is 0 Å². The van der Waals surface area contributed by atoms with Gasteiger partial charge >= 0.3 is 0 Å². The summed E-state index contributed by atoms with van der Waals surface area (Å²) in [5.74, 6) is 0.447. The number of allylic oxidation sites excluding steroid dienone is 2. The van der Waals surface area contributed by atoms with E-state index in [1.807, 2.05) is 18.2 Å². The second-order valence-corrected chi connectivity index (χ2v) is 7.63. The van der Waals surface area contributed by atoms with E-state index in [0.29, 0.717) is 29.4 Å². The molecule has 32 heavy (non-hydrogen) atoms. The zero-order valence-electron chi connectivity index (χ0n) is 17.4. The van der Waals surface area contributed by atoms with Crippen molar-refractivity contribution in [3.8, 4) is 5.75 Å². The molecule has 0 saturated heterocycles. The van der Waals surface area contributed by atoms with Crippen molar-refractivity contribution in [1.29, 1.82) is 0 Å². The largest absolute Gasteiger partial charge is 0.490 e. The van der Waals surface area contributed by atoms with E-state index in [2.05, 4.69) is 20.6 Å². The molecule has 4 rings (SSSR count). The number of ether oxygens (including phenoxy) is 1. The Morgan fingerprint density at radius 2 is 2.06 bits per heavy atom. The summed E-state index contributed by atoms with van der Waals surface area (Å²) >= 11 is 6.30. The van der Waals surface area contributed by atoms with Crippen LogP contribution in [0.25, 0.3) is 10.9 Å². The van der Waals surface area contributed by atoms with Crippen LogP contribution in [0.2, 0.25) is 0 Å². The maximum atomic E-state index is 12.3. The van der Waals surface area contributed by atoms with Crippen molar-refractivity contribution >= 4 is 40.1 Å². The third kappa shape index (κ3) is 4.90. The Bertz CT molecular complexity index is 1140. The van der Waals surface area contributed by atoms with Gasteiger partial charge in [0.25, 0.3) is 0 Å². The van der Waals surface area contributed by atoms with Gasteiger partial charge in [-0.05, 0) is 29.8 Å². The summed E-state index contributed by atoms with van der Waals surface area (Å²) in [4.78, 5) is 38.7. The van der Waals surface area contributed by atoms with Crippen LogP contribution in [-0.4, -0.2) is 48.6 Å². The number of carbonyl (C=O) groups is 2. The van der Waals surface area contributed by atoms with Gasteiger partial charge in [0, 0.05) is 35.9 Å². The molecule has 0 radical (unpaired) electrons. The molecule has 1 aliphatic heterocycles. The number of nitrogens with one attached hydrogen (secondary N) is 2. The average molecular weight is 456 g/mol. The number of fused-ring (bicyclic) bond motifs is 1. The fourth-order valence-electron chi connectivity index (χ4n) is 3.51. The van der Waals surface area contributed by atoms with Gasteiger partial charge in [0.1, 0.15) is 18.7 Å². The summed E-state index contributed by atoms with van der Waals surface area (Å²) in [6, 6.07) is 5.46. The monoisotopic (exact) mass is 455 g/mol. The maximum Gasteiger partial charge on any atom is 0.244 e. The van der Waals surface area contributed by atoms with Crippen LogP contribution in [0.1, 0.15) is 12.8 Å². The number of rotatable bonds is 1. The van der Waals surface area contributed by atoms with Gasteiger partial charge in [-0.3, -0.25) is 14.4 Å². The Balaban J connectivity index is 1.80. The Hall–Kier alpha value is -3.43. The Labute approximate surface area is 189 Å². The molecule has 1 aromatic carbocycles. The second-order valence-electron chi connectivity index (χ2n) is 7.14. The highest BCUT2D eigenvalue weighted by Crippen LogP contribution is 2.34. The summed E-state index contributed by atoms with van der Waals surface area (Å²) in [5.41, 5.74) is 2.41. The Kier molecular flexibility index (Phi) is 6.67. The van der Waals surface area contributed by atoms with Crippen LogP contribution in [0.15, 0.2) is 59.1 Å². The number of benzene rings is 1. The predicted octanol–water partition coefficient (Wildman–Crippen LogP) is 2.35. The van der Waals surface area contributed by atoms with Gasteiger partial charge < -0.3 is 15.4 Å². The molecule has 2 aliphatic rings. The summed E-state index contributed by atoms with van der Waals surface area (Å²) in [5, 5.41) is 8.43. The molecule has 1 aliphatic carbocycles. The highest BCUT2D eigenvalue weighted by Gasteiger charge is 2.24. The first kappa shape index (κ1) is 21.8. The first-order valence-corrected chi connectivity index (χ1v) is 10.4. The average Bonchev–Trinajstić information content (AvgIpc) is 2.80. The van der Waals surface area contributed by atoms with E-state index in [0.717, 1.165) is 22.2 Å². The number of hydroxylamine groups is 1. The van der Waals surface area contributed by atoms with Gasteiger partial charge in [-0.15, -0.1) is 0 Å². The summed E-state index contributed by atoms with van der Waals surface area (Å²) in [6.07, 6.45) is 7.25. The van der Waals surface area contributed by atoms with Crippen LogP contribution in [0.5, 0.6) is 5.75 Å². The first-order valence-electron chi connectivity index (χ1n) is 10.0. The lowest BCUT2D eigenvalue weighted by atomic mass is 10.0. The molecule has 0 saturated carbocycles. The van der Waals surface area contributed by atoms with Crippen LogP contribution in [0.4, 0.5) is 5.82 Å². The van der Waals surface area contributed by atoms with E-state index in [1.54, 1.807) is 24.3 Å². The van der Waals surface area contributed by atoms with E-state index < -0.39 is 0 Å². The van der Waals surface area contributed by atoms with Crippen LogP contribution in [-0.2, 0) is 14.4 Å². The molecule has 0 atom stereocenters. The molecular formula is C22H22ClN5O4. The minimum atomic E-state index is -0.378. The molecule has 2 aromatic rings. The molecule has 0 unspecified atom stereocenters. The van der Waals surface area contributed by atoms with E-state index >= 15 is 0 Å². The molecule has 9 nitrogen and oxygen atoms in total. The topological polar surface area (TPSA) is 106 Å². The molecule has 2 N–H and O–H groups in total. The number of hydrogen-bond acceptors (Lipinski definition) is 7. The van der Waals surface area contributed by atoms with Gasteiger partial charge in [0.15, 0.2) is 5.82 Å². The van der Waals surface area contributed by atoms with Crippen LogP contribution < -0.4 is 20.4 Å². The Morgan fingerprint density at radius 1 is 1.19 bits per heavy atom. The van der Waals surface area contributed by atoms with Gasteiger partial charge in [0.2, 0.25) is 11.8 Å². The quantitative estimate of drug-likeness (QED) is 0.679. The van der Waals surface area contributed by atoms with E-state index in [9.17, 15) is 9.59 Å². The number of nitrogens with zero attached hydrogens (tertiary/aromatic N) is 3. The molecule has 166 valence electrons. The van der Waals surface area contributed by atoms with Crippen LogP contribution in [0, 0.1) is 0 Å². The van der Waals surface area contributed by atoms with E-state index in [4.69, 9.17) is 21.2 Å². The summed E-state index contributed by atoms with van der Waals surface area (Å²) < 4.78 is 5.75. The van der Waals surface area contributed by atoms with Gasteiger partial charge in [-0.2, -0.15) is 0 Å². The van der Waals surface area contributed by atoms with Crippen molar-refractivity contribution in [2.24, 2.45) is 0 Å². The number of aromatic nitrogens is 2. The van der Waals surface area contributed by atoms with Crippen molar-refractivity contribution in [2.75, 3.05) is 31.9 Å². The van der Waals surface area contributed by atoms with Gasteiger partial charge in [0.05, 0.1) is 24.9 Å². The lowest BCUT2D eigenvalue weighted by Gasteiger charge is -2.29. The van der Waals surface area contributed by atoms with E-state index in [1.165, 1.54) is 12.4 Å². The third-order valence-corrected chi connectivity index (χ3v) is 5.34. The van der Waals surface area contributed by atoms with Crippen molar-refractivity contribution in [3.63, 3.8) is 0 Å². The highest BCUT2D eigenvalue weighted by atomic mass is 35.5. The number of hydrogen-bond donors (Lipinski definition) is 2. The zero-order chi connectivity index (χ0) is 22.5. The highest BCUT2D eigenvalue weighted by molar-refractivity contribution is 6.29. The minimum Gasteiger partial charge on any atom is -0.490 e. The number of halogens is 1. The van der Waals surface area contributed by atoms with Gasteiger partial charge in [-0.1, -0.05) is 17.7 Å². The molecular weight excluding hydrogens is 434 g/mol. The third-order valence-electron chi connectivity index (χ3n) is 5.05. The fraction of sp³-hybridized carbons (Fsp3) is 0.273. The van der Waals surface area contributed by atoms with Crippen molar-refractivity contribution < 1.29 is 19.2 Å². The van der Waals surface area contributed by atoms with Crippen LogP contribution >= 0.6 is 11.6 Å². The molecule has 0 spiro atoms. The van der Waals surface area contributed by atoms with Crippen molar-refractivity contribution in [3.05, 3.63) is 59.1 Å².